The van der Waals surface area contributed by atoms with Gasteiger partial charge in [0.15, 0.2) is 0 Å². The van der Waals surface area contributed by atoms with Crippen LogP contribution in [0.15, 0.2) is 40.2 Å². The molecule has 1 atom stereocenters. The third-order valence-electron chi connectivity index (χ3n) is 2.63. The zero-order chi connectivity index (χ0) is 12.3. The predicted molar refractivity (Wildman–Crippen MR) is 71.9 cm³/mol. The second-order valence-corrected chi connectivity index (χ2v) is 5.75. The van der Waals surface area contributed by atoms with Gasteiger partial charge in [-0.3, -0.25) is 0 Å². The van der Waals surface area contributed by atoms with Crippen molar-refractivity contribution in [1.82, 2.24) is 0 Å². The Balaban J connectivity index is 2.20. The molecule has 0 bridgehead atoms. The molecule has 1 heterocycles. The van der Waals surface area contributed by atoms with Crippen LogP contribution in [0.3, 0.4) is 0 Å². The summed E-state index contributed by atoms with van der Waals surface area (Å²) in [6.45, 7) is -0.0452. The lowest BCUT2D eigenvalue weighted by Crippen LogP contribution is -2.08. The van der Waals surface area contributed by atoms with Gasteiger partial charge in [-0.2, -0.15) is 0 Å². The van der Waals surface area contributed by atoms with E-state index in [1.54, 1.807) is 29.5 Å². The third kappa shape index (κ3) is 3.15. The van der Waals surface area contributed by atoms with Crippen LogP contribution in [0.2, 0.25) is 0 Å². The molecule has 0 fully saturated rings. The molecule has 0 saturated heterocycles. The second-order valence-electron chi connectivity index (χ2n) is 3.84. The van der Waals surface area contributed by atoms with Gasteiger partial charge in [-0.05, 0) is 40.0 Å². The number of aliphatic hydroxyl groups is 1. The Labute approximate surface area is 112 Å². The van der Waals surface area contributed by atoms with Crippen LogP contribution < -0.4 is 0 Å². The van der Waals surface area contributed by atoms with E-state index < -0.39 is 0 Å². The lowest BCUT2D eigenvalue weighted by molar-refractivity contribution is 0.262. The minimum atomic E-state index is -0.248. The summed E-state index contributed by atoms with van der Waals surface area (Å²) < 4.78 is 14.6. The maximum atomic E-state index is 13.6. The van der Waals surface area contributed by atoms with Crippen LogP contribution >= 0.6 is 27.3 Å². The fraction of sp³-hybridized carbons (Fsp3) is 0.231. The highest BCUT2D eigenvalue weighted by Gasteiger charge is 2.16. The molecule has 2 rings (SSSR count). The summed E-state index contributed by atoms with van der Waals surface area (Å²) in [6, 6.07) is 8.63. The van der Waals surface area contributed by atoms with Crippen molar-refractivity contribution in [2.75, 3.05) is 6.61 Å². The zero-order valence-corrected chi connectivity index (χ0v) is 11.5. The summed E-state index contributed by atoms with van der Waals surface area (Å²) >= 11 is 5.00. The number of thiophene rings is 1. The zero-order valence-electron chi connectivity index (χ0n) is 9.07. The second kappa shape index (κ2) is 5.76. The minimum Gasteiger partial charge on any atom is -0.396 e. The van der Waals surface area contributed by atoms with Crippen molar-refractivity contribution in [3.63, 3.8) is 0 Å². The Kier molecular flexibility index (Phi) is 4.31. The van der Waals surface area contributed by atoms with Gasteiger partial charge in [0.25, 0.3) is 0 Å². The Morgan fingerprint density at radius 1 is 1.35 bits per heavy atom. The summed E-state index contributed by atoms with van der Waals surface area (Å²) in [7, 11) is 0. The first-order valence-electron chi connectivity index (χ1n) is 5.29. The molecule has 0 aliphatic heterocycles. The molecule has 1 N–H and O–H groups in total. The SMILES string of the molecule is OCC(Cc1cc(Br)cs1)c1ccccc1F. The first-order valence-corrected chi connectivity index (χ1v) is 6.96. The maximum absolute atomic E-state index is 13.6. The van der Waals surface area contributed by atoms with E-state index in [1.807, 2.05) is 11.4 Å². The average Bonchev–Trinajstić information content (AvgIpc) is 2.73. The molecule has 90 valence electrons. The van der Waals surface area contributed by atoms with Gasteiger partial charge < -0.3 is 5.11 Å². The van der Waals surface area contributed by atoms with Crippen LogP contribution in [0.4, 0.5) is 4.39 Å². The van der Waals surface area contributed by atoms with Gasteiger partial charge in [-0.1, -0.05) is 18.2 Å². The van der Waals surface area contributed by atoms with Gasteiger partial charge in [-0.25, -0.2) is 4.39 Å². The van der Waals surface area contributed by atoms with Crippen molar-refractivity contribution in [3.8, 4) is 0 Å². The number of aliphatic hydroxyl groups excluding tert-OH is 1. The van der Waals surface area contributed by atoms with Gasteiger partial charge in [0, 0.05) is 20.6 Å². The van der Waals surface area contributed by atoms with Crippen LogP contribution in [-0.4, -0.2) is 11.7 Å². The third-order valence-corrected chi connectivity index (χ3v) is 4.35. The van der Waals surface area contributed by atoms with E-state index in [0.717, 1.165) is 9.35 Å². The van der Waals surface area contributed by atoms with Crippen molar-refractivity contribution in [1.29, 1.82) is 0 Å². The monoisotopic (exact) mass is 314 g/mol. The quantitative estimate of drug-likeness (QED) is 0.905. The van der Waals surface area contributed by atoms with E-state index in [-0.39, 0.29) is 18.3 Å². The van der Waals surface area contributed by atoms with Crippen LogP contribution in [0.25, 0.3) is 0 Å². The van der Waals surface area contributed by atoms with E-state index in [2.05, 4.69) is 15.9 Å². The molecular formula is C13H12BrFOS. The molecule has 1 nitrogen and oxygen atoms in total. The first kappa shape index (κ1) is 12.7. The van der Waals surface area contributed by atoms with Crippen molar-refractivity contribution in [2.45, 2.75) is 12.3 Å². The Morgan fingerprint density at radius 3 is 2.71 bits per heavy atom. The lowest BCUT2D eigenvalue weighted by atomic mass is 9.95. The fourth-order valence-corrected chi connectivity index (χ4v) is 3.32. The molecule has 0 amide bonds. The molecule has 1 unspecified atom stereocenters. The summed E-state index contributed by atoms with van der Waals surface area (Å²) in [5.74, 6) is -0.427. The van der Waals surface area contributed by atoms with Gasteiger partial charge in [0.1, 0.15) is 5.82 Å². The van der Waals surface area contributed by atoms with Crippen molar-refractivity contribution in [2.24, 2.45) is 0 Å². The van der Waals surface area contributed by atoms with Crippen molar-refractivity contribution < 1.29 is 9.50 Å². The van der Waals surface area contributed by atoms with Crippen molar-refractivity contribution in [3.05, 3.63) is 56.4 Å². The molecule has 0 radical (unpaired) electrons. The normalized spacial score (nSPS) is 12.6. The van der Waals surface area contributed by atoms with Crippen LogP contribution in [-0.2, 0) is 6.42 Å². The van der Waals surface area contributed by atoms with Gasteiger partial charge in [0.2, 0.25) is 0 Å². The molecule has 1 aromatic carbocycles. The Hall–Kier alpha value is -0.710. The summed E-state index contributed by atoms with van der Waals surface area (Å²) in [5, 5.41) is 11.4. The van der Waals surface area contributed by atoms with E-state index in [0.29, 0.717) is 12.0 Å². The van der Waals surface area contributed by atoms with E-state index >= 15 is 0 Å². The Morgan fingerprint density at radius 2 is 2.12 bits per heavy atom. The molecule has 17 heavy (non-hydrogen) atoms. The van der Waals surface area contributed by atoms with Gasteiger partial charge in [0.05, 0.1) is 6.61 Å². The molecule has 0 spiro atoms. The summed E-state index contributed by atoms with van der Waals surface area (Å²) in [5.41, 5.74) is 0.583. The standard InChI is InChI=1S/C13H12BrFOS/c14-10-6-11(17-8-10)5-9(7-16)12-3-1-2-4-13(12)15/h1-4,6,8-9,16H,5,7H2. The highest BCUT2D eigenvalue weighted by Crippen LogP contribution is 2.27. The summed E-state index contributed by atoms with van der Waals surface area (Å²) in [4.78, 5) is 1.14. The van der Waals surface area contributed by atoms with E-state index in [9.17, 15) is 9.50 Å². The summed E-state index contributed by atoms with van der Waals surface area (Å²) in [6.07, 6.45) is 0.660. The predicted octanol–water partition coefficient (Wildman–Crippen LogP) is 3.97. The largest absolute Gasteiger partial charge is 0.396 e. The highest BCUT2D eigenvalue weighted by atomic mass is 79.9. The average molecular weight is 315 g/mol. The molecular weight excluding hydrogens is 303 g/mol. The molecule has 4 heteroatoms. The minimum absolute atomic E-state index is 0.0452. The first-order chi connectivity index (χ1) is 8.20. The van der Waals surface area contributed by atoms with Gasteiger partial charge in [-0.15, -0.1) is 11.3 Å². The number of benzene rings is 1. The maximum Gasteiger partial charge on any atom is 0.126 e. The molecule has 0 aliphatic rings. The topological polar surface area (TPSA) is 20.2 Å². The number of halogens is 2. The number of hydrogen-bond donors (Lipinski definition) is 1. The molecule has 1 aromatic heterocycles. The lowest BCUT2D eigenvalue weighted by Gasteiger charge is -2.14. The fourth-order valence-electron chi connectivity index (χ4n) is 1.78. The highest BCUT2D eigenvalue weighted by molar-refractivity contribution is 9.10. The van der Waals surface area contributed by atoms with E-state index in [1.165, 1.54) is 6.07 Å². The van der Waals surface area contributed by atoms with Crippen LogP contribution in [0.1, 0.15) is 16.4 Å². The molecule has 2 aromatic rings. The van der Waals surface area contributed by atoms with Crippen LogP contribution in [0.5, 0.6) is 0 Å². The molecule has 0 saturated carbocycles. The smallest absolute Gasteiger partial charge is 0.126 e. The Bertz CT molecular complexity index is 498. The van der Waals surface area contributed by atoms with E-state index in [4.69, 9.17) is 0 Å². The molecule has 0 aliphatic carbocycles. The number of hydrogen-bond acceptors (Lipinski definition) is 2. The van der Waals surface area contributed by atoms with Crippen molar-refractivity contribution >= 4 is 27.3 Å². The number of rotatable bonds is 4. The van der Waals surface area contributed by atoms with Crippen LogP contribution in [0, 0.1) is 5.82 Å². The van der Waals surface area contributed by atoms with Gasteiger partial charge >= 0.3 is 0 Å².